The second-order valence-electron chi connectivity index (χ2n) is 8.11. The maximum Gasteiger partial charge on any atom is 0.410 e. The van der Waals surface area contributed by atoms with E-state index >= 15 is 0 Å². The highest BCUT2D eigenvalue weighted by Gasteiger charge is 2.39. The number of amides is 2. The Morgan fingerprint density at radius 2 is 1.96 bits per heavy atom. The molecule has 0 bridgehead atoms. The number of methoxy groups -OCH3 is 1. The average Bonchev–Trinajstić information content (AvgIpc) is 2.60. The van der Waals surface area contributed by atoms with E-state index in [1.807, 2.05) is 39.0 Å². The highest BCUT2D eigenvalue weighted by atomic mass is 16.6. The molecule has 2 heterocycles. The smallest absolute Gasteiger partial charge is 0.410 e. The lowest BCUT2D eigenvalue weighted by Gasteiger charge is -2.42. The van der Waals surface area contributed by atoms with Crippen LogP contribution in [0, 0.1) is 0 Å². The summed E-state index contributed by atoms with van der Waals surface area (Å²) < 4.78 is 10.6. The summed E-state index contributed by atoms with van der Waals surface area (Å²) in [4.78, 5) is 30.9. The van der Waals surface area contributed by atoms with Crippen molar-refractivity contribution in [2.24, 2.45) is 0 Å². The Morgan fingerprint density at radius 1 is 1.30 bits per heavy atom. The van der Waals surface area contributed by atoms with Crippen LogP contribution < -0.4 is 5.32 Å². The molecule has 27 heavy (non-hydrogen) atoms. The number of pyridine rings is 1. The van der Waals surface area contributed by atoms with Crippen molar-refractivity contribution in [3.05, 3.63) is 30.1 Å². The van der Waals surface area contributed by atoms with E-state index in [9.17, 15) is 9.59 Å². The van der Waals surface area contributed by atoms with Gasteiger partial charge in [0.15, 0.2) is 0 Å². The van der Waals surface area contributed by atoms with Gasteiger partial charge in [-0.25, -0.2) is 4.79 Å². The molecule has 0 aromatic carbocycles. The number of carbonyl (C=O) groups excluding carboxylic acids is 2. The molecule has 2 amide bonds. The number of carbonyl (C=O) groups is 2. The van der Waals surface area contributed by atoms with Crippen LogP contribution in [0.15, 0.2) is 24.4 Å². The molecule has 150 valence electrons. The van der Waals surface area contributed by atoms with E-state index in [0.717, 1.165) is 5.69 Å². The molecule has 1 aliphatic rings. The molecule has 1 N–H and O–H groups in total. The van der Waals surface area contributed by atoms with Crippen LogP contribution in [0.3, 0.4) is 0 Å². The van der Waals surface area contributed by atoms with Crippen molar-refractivity contribution in [1.29, 1.82) is 0 Å². The number of nitrogens with zero attached hydrogens (tertiary/aromatic N) is 2. The van der Waals surface area contributed by atoms with E-state index in [0.29, 0.717) is 32.4 Å². The zero-order valence-electron chi connectivity index (χ0n) is 16.9. The van der Waals surface area contributed by atoms with E-state index in [4.69, 9.17) is 9.47 Å². The monoisotopic (exact) mass is 377 g/mol. The summed E-state index contributed by atoms with van der Waals surface area (Å²) in [6.45, 7) is 8.32. The van der Waals surface area contributed by atoms with Gasteiger partial charge in [-0.15, -0.1) is 0 Å². The number of likely N-dealkylation sites (tertiary alicyclic amines) is 1. The molecule has 7 heteroatoms. The van der Waals surface area contributed by atoms with Gasteiger partial charge in [0.05, 0.1) is 0 Å². The lowest BCUT2D eigenvalue weighted by atomic mass is 9.82. The predicted molar refractivity (Wildman–Crippen MR) is 102 cm³/mol. The predicted octanol–water partition coefficient (Wildman–Crippen LogP) is 2.54. The minimum absolute atomic E-state index is 0.154. The third-order valence-electron chi connectivity index (χ3n) is 4.73. The highest BCUT2D eigenvalue weighted by Crippen LogP contribution is 2.27. The lowest BCUT2D eigenvalue weighted by molar-refractivity contribution is -0.132. The van der Waals surface area contributed by atoms with Crippen LogP contribution in [0.1, 0.15) is 46.2 Å². The van der Waals surface area contributed by atoms with Crippen molar-refractivity contribution in [3.63, 3.8) is 0 Å². The number of nitrogens with one attached hydrogen (secondary N) is 1. The fourth-order valence-corrected chi connectivity index (χ4v) is 3.11. The summed E-state index contributed by atoms with van der Waals surface area (Å²) >= 11 is 0. The Morgan fingerprint density at radius 3 is 2.48 bits per heavy atom. The van der Waals surface area contributed by atoms with Crippen LogP contribution in [0.25, 0.3) is 0 Å². The fraction of sp³-hybridized carbons (Fsp3) is 0.650. The minimum Gasteiger partial charge on any atom is -0.444 e. The summed E-state index contributed by atoms with van der Waals surface area (Å²) in [5.41, 5.74) is -0.0769. The van der Waals surface area contributed by atoms with E-state index in [1.165, 1.54) is 7.11 Å². The number of hydrogen-bond donors (Lipinski definition) is 1. The van der Waals surface area contributed by atoms with Crippen LogP contribution in [-0.4, -0.2) is 59.3 Å². The second-order valence-corrected chi connectivity index (χ2v) is 8.11. The van der Waals surface area contributed by atoms with Crippen molar-refractivity contribution in [2.45, 2.75) is 64.2 Å². The van der Waals surface area contributed by atoms with Crippen LogP contribution in [-0.2, 0) is 20.7 Å². The van der Waals surface area contributed by atoms with Gasteiger partial charge in [0.25, 0.3) is 0 Å². The molecule has 1 aromatic rings. The molecule has 1 atom stereocenters. The summed E-state index contributed by atoms with van der Waals surface area (Å²) in [6.07, 6.45) is 2.77. The maximum atomic E-state index is 12.5. The van der Waals surface area contributed by atoms with Crippen LogP contribution in [0.2, 0.25) is 0 Å². The van der Waals surface area contributed by atoms with E-state index in [2.05, 4.69) is 10.3 Å². The van der Waals surface area contributed by atoms with Gasteiger partial charge in [-0.2, -0.15) is 0 Å². The van der Waals surface area contributed by atoms with Crippen molar-refractivity contribution >= 4 is 12.0 Å². The summed E-state index contributed by atoms with van der Waals surface area (Å²) in [5, 5.41) is 3.16. The molecular weight excluding hydrogens is 346 g/mol. The minimum atomic E-state index is -0.533. The van der Waals surface area contributed by atoms with Gasteiger partial charge in [0.1, 0.15) is 11.7 Å². The average molecular weight is 377 g/mol. The molecule has 1 aromatic heterocycles. The third kappa shape index (κ3) is 6.20. The first-order valence-corrected chi connectivity index (χ1v) is 9.37. The Kier molecular flexibility index (Phi) is 6.81. The van der Waals surface area contributed by atoms with Crippen molar-refractivity contribution < 1.29 is 19.1 Å². The first kappa shape index (κ1) is 21.2. The summed E-state index contributed by atoms with van der Waals surface area (Å²) in [7, 11) is 1.51. The zero-order valence-corrected chi connectivity index (χ0v) is 16.9. The van der Waals surface area contributed by atoms with Gasteiger partial charge in [-0.3, -0.25) is 9.78 Å². The standard InChI is InChI=1S/C20H31N3O4/c1-15(26-5)17(24)22-20(14-16-8-6-7-11-21-16)9-12-23(13-10-20)18(25)27-19(2,3)4/h6-8,11,15H,9-10,12-14H2,1-5H3,(H,22,24)/t15-/m1/s1. The van der Waals surface area contributed by atoms with Crippen LogP contribution >= 0.6 is 0 Å². The van der Waals surface area contributed by atoms with Gasteiger partial charge in [0, 0.05) is 44.0 Å². The molecule has 0 radical (unpaired) electrons. The molecule has 0 spiro atoms. The zero-order chi connectivity index (χ0) is 20.1. The highest BCUT2D eigenvalue weighted by molar-refractivity contribution is 5.81. The number of ether oxygens (including phenoxy) is 2. The van der Waals surface area contributed by atoms with Crippen LogP contribution in [0.5, 0.6) is 0 Å². The molecule has 1 saturated heterocycles. The molecule has 1 fully saturated rings. The topological polar surface area (TPSA) is 80.8 Å². The SMILES string of the molecule is CO[C@H](C)C(=O)NC1(Cc2ccccn2)CCN(C(=O)OC(C)(C)C)CC1. The largest absolute Gasteiger partial charge is 0.444 e. The molecule has 0 saturated carbocycles. The molecule has 2 rings (SSSR count). The second kappa shape index (κ2) is 8.69. The Bertz CT molecular complexity index is 634. The summed E-state index contributed by atoms with van der Waals surface area (Å²) in [6, 6.07) is 5.76. The number of rotatable bonds is 5. The van der Waals surface area contributed by atoms with Gasteiger partial charge < -0.3 is 19.7 Å². The van der Waals surface area contributed by atoms with Crippen LogP contribution in [0.4, 0.5) is 4.79 Å². The molecule has 7 nitrogen and oxygen atoms in total. The normalized spacial score (nSPS) is 17.9. The van der Waals surface area contributed by atoms with E-state index in [-0.39, 0.29) is 12.0 Å². The third-order valence-corrected chi connectivity index (χ3v) is 4.73. The Hall–Kier alpha value is -2.15. The quantitative estimate of drug-likeness (QED) is 0.853. The van der Waals surface area contributed by atoms with Gasteiger partial charge in [-0.1, -0.05) is 6.07 Å². The Balaban J connectivity index is 2.10. The van der Waals surface area contributed by atoms with Gasteiger partial charge in [0.2, 0.25) is 5.91 Å². The summed E-state index contributed by atoms with van der Waals surface area (Å²) in [5.74, 6) is -0.154. The van der Waals surface area contributed by atoms with Gasteiger partial charge >= 0.3 is 6.09 Å². The van der Waals surface area contributed by atoms with Crippen molar-refractivity contribution in [3.8, 4) is 0 Å². The van der Waals surface area contributed by atoms with Gasteiger partial charge in [-0.05, 0) is 52.7 Å². The molecule has 0 unspecified atom stereocenters. The number of piperidine rings is 1. The molecular formula is C20H31N3O4. The lowest BCUT2D eigenvalue weighted by Crippen LogP contribution is -2.59. The van der Waals surface area contributed by atoms with Crippen molar-refractivity contribution in [1.82, 2.24) is 15.2 Å². The van der Waals surface area contributed by atoms with Crippen molar-refractivity contribution in [2.75, 3.05) is 20.2 Å². The molecule has 0 aliphatic carbocycles. The van der Waals surface area contributed by atoms with E-state index < -0.39 is 17.2 Å². The first-order valence-electron chi connectivity index (χ1n) is 9.37. The molecule has 1 aliphatic heterocycles. The Labute approximate surface area is 161 Å². The fourth-order valence-electron chi connectivity index (χ4n) is 3.11. The van der Waals surface area contributed by atoms with E-state index in [1.54, 1.807) is 18.0 Å². The maximum absolute atomic E-state index is 12.5. The number of hydrogen-bond acceptors (Lipinski definition) is 5. The first-order chi connectivity index (χ1) is 12.6. The number of aromatic nitrogens is 1.